The van der Waals surface area contributed by atoms with Gasteiger partial charge in [0.25, 0.3) is 5.91 Å². The summed E-state index contributed by atoms with van der Waals surface area (Å²) in [6, 6.07) is 7.18. The summed E-state index contributed by atoms with van der Waals surface area (Å²) in [5, 5.41) is 3.57. The van der Waals surface area contributed by atoms with E-state index in [2.05, 4.69) is 20.2 Å². The Bertz CT molecular complexity index is 770. The number of carbonyl (C=O) groups is 1. The minimum absolute atomic E-state index is 0.230. The van der Waals surface area contributed by atoms with Crippen LogP contribution in [-0.4, -0.2) is 29.0 Å². The second-order valence-corrected chi connectivity index (χ2v) is 6.91. The molecule has 1 amide bonds. The van der Waals surface area contributed by atoms with Crippen molar-refractivity contribution in [2.75, 3.05) is 23.3 Å². The Morgan fingerprint density at radius 2 is 1.80 bits per heavy atom. The zero-order chi connectivity index (χ0) is 17.8. The second kappa shape index (κ2) is 7.83. The molecule has 1 aliphatic heterocycles. The minimum atomic E-state index is -0.230. The summed E-state index contributed by atoms with van der Waals surface area (Å²) < 4.78 is 0. The molecule has 0 aliphatic carbocycles. The van der Waals surface area contributed by atoms with Gasteiger partial charge in [0, 0.05) is 29.9 Å². The summed E-state index contributed by atoms with van der Waals surface area (Å²) in [6.07, 6.45) is 4.83. The van der Waals surface area contributed by atoms with Gasteiger partial charge in [0.15, 0.2) is 0 Å². The molecule has 2 aromatic rings. The largest absolute Gasteiger partial charge is 0.356 e. The average molecular weight is 359 g/mol. The van der Waals surface area contributed by atoms with Crippen LogP contribution < -0.4 is 10.2 Å². The van der Waals surface area contributed by atoms with E-state index in [1.54, 1.807) is 18.2 Å². The van der Waals surface area contributed by atoms with Gasteiger partial charge in [-0.1, -0.05) is 24.4 Å². The minimum Gasteiger partial charge on any atom is -0.356 e. The fourth-order valence-electron chi connectivity index (χ4n) is 3.08. The predicted molar refractivity (Wildman–Crippen MR) is 102 cm³/mol. The van der Waals surface area contributed by atoms with E-state index < -0.39 is 0 Å². The number of hydrogen-bond donors (Lipinski definition) is 1. The van der Waals surface area contributed by atoms with E-state index in [1.807, 2.05) is 19.9 Å². The van der Waals surface area contributed by atoms with Gasteiger partial charge in [-0.2, -0.15) is 0 Å². The molecule has 0 unspecified atom stereocenters. The summed E-state index contributed by atoms with van der Waals surface area (Å²) in [7, 11) is 0. The first-order valence-electron chi connectivity index (χ1n) is 8.71. The normalized spacial score (nSPS) is 14.9. The van der Waals surface area contributed by atoms with Gasteiger partial charge >= 0.3 is 0 Å². The zero-order valence-electron chi connectivity index (χ0n) is 14.7. The van der Waals surface area contributed by atoms with Gasteiger partial charge in [0.05, 0.1) is 0 Å². The van der Waals surface area contributed by atoms with Crippen molar-refractivity contribution in [2.24, 2.45) is 0 Å². The molecule has 1 fully saturated rings. The van der Waals surface area contributed by atoms with E-state index in [1.165, 1.54) is 12.8 Å². The first kappa shape index (κ1) is 17.7. The SMILES string of the molecule is Cc1nc(C(=O)Nc2ccc(Cl)cc2C)cc(N2CCCCCC2)n1. The highest BCUT2D eigenvalue weighted by Crippen LogP contribution is 2.22. The van der Waals surface area contributed by atoms with Crippen LogP contribution in [0.2, 0.25) is 5.02 Å². The molecule has 1 aromatic carbocycles. The first-order chi connectivity index (χ1) is 12.0. The molecule has 1 aliphatic rings. The third-order valence-corrected chi connectivity index (χ3v) is 4.66. The summed E-state index contributed by atoms with van der Waals surface area (Å²) in [4.78, 5) is 23.8. The molecule has 1 aromatic heterocycles. The summed E-state index contributed by atoms with van der Waals surface area (Å²) in [5.41, 5.74) is 2.04. The molecule has 0 atom stereocenters. The number of anilines is 2. The summed E-state index contributed by atoms with van der Waals surface area (Å²) >= 11 is 5.97. The van der Waals surface area contributed by atoms with Gasteiger partial charge in [-0.25, -0.2) is 9.97 Å². The predicted octanol–water partition coefficient (Wildman–Crippen LogP) is 4.38. The van der Waals surface area contributed by atoms with E-state index in [4.69, 9.17) is 11.6 Å². The Balaban J connectivity index is 1.82. The van der Waals surface area contributed by atoms with Crippen molar-refractivity contribution in [3.63, 3.8) is 0 Å². The lowest BCUT2D eigenvalue weighted by molar-refractivity contribution is 0.102. The molecule has 3 rings (SSSR count). The molecule has 25 heavy (non-hydrogen) atoms. The van der Waals surface area contributed by atoms with Gasteiger partial charge in [-0.3, -0.25) is 4.79 Å². The Morgan fingerprint density at radius 1 is 1.08 bits per heavy atom. The summed E-state index contributed by atoms with van der Waals surface area (Å²) in [5.74, 6) is 1.22. The molecule has 2 heterocycles. The number of halogens is 1. The molecule has 0 bridgehead atoms. The molecular formula is C19H23ClN4O. The van der Waals surface area contributed by atoms with E-state index in [9.17, 15) is 4.79 Å². The molecule has 0 radical (unpaired) electrons. The van der Waals surface area contributed by atoms with Crippen molar-refractivity contribution >= 4 is 29.0 Å². The average Bonchev–Trinajstić information content (AvgIpc) is 2.86. The number of hydrogen-bond acceptors (Lipinski definition) is 4. The third-order valence-electron chi connectivity index (χ3n) is 4.42. The van der Waals surface area contributed by atoms with E-state index in [-0.39, 0.29) is 5.91 Å². The van der Waals surface area contributed by atoms with Crippen LogP contribution in [-0.2, 0) is 0 Å². The Labute approximate surface area is 153 Å². The maximum Gasteiger partial charge on any atom is 0.274 e. The van der Waals surface area contributed by atoms with Gasteiger partial charge in [-0.15, -0.1) is 0 Å². The molecule has 0 saturated carbocycles. The fourth-order valence-corrected chi connectivity index (χ4v) is 3.31. The molecule has 1 saturated heterocycles. The smallest absolute Gasteiger partial charge is 0.274 e. The number of rotatable bonds is 3. The number of nitrogens with zero attached hydrogens (tertiary/aromatic N) is 3. The molecular weight excluding hydrogens is 336 g/mol. The van der Waals surface area contributed by atoms with Crippen LogP contribution in [0.4, 0.5) is 11.5 Å². The Hall–Kier alpha value is -2.14. The molecule has 6 heteroatoms. The van der Waals surface area contributed by atoms with Crippen molar-refractivity contribution in [3.05, 3.63) is 46.4 Å². The van der Waals surface area contributed by atoms with Crippen LogP contribution in [0, 0.1) is 13.8 Å². The summed E-state index contributed by atoms with van der Waals surface area (Å²) in [6.45, 7) is 5.70. The monoisotopic (exact) mass is 358 g/mol. The highest BCUT2D eigenvalue weighted by Gasteiger charge is 2.16. The van der Waals surface area contributed by atoms with Gasteiger partial charge < -0.3 is 10.2 Å². The van der Waals surface area contributed by atoms with Crippen molar-refractivity contribution in [1.29, 1.82) is 0 Å². The van der Waals surface area contributed by atoms with E-state index in [0.29, 0.717) is 16.5 Å². The van der Waals surface area contributed by atoms with Crippen LogP contribution in [0.3, 0.4) is 0 Å². The van der Waals surface area contributed by atoms with E-state index >= 15 is 0 Å². The van der Waals surface area contributed by atoms with Crippen LogP contribution in [0.5, 0.6) is 0 Å². The maximum atomic E-state index is 12.7. The van der Waals surface area contributed by atoms with Crippen LogP contribution in [0.15, 0.2) is 24.3 Å². The lowest BCUT2D eigenvalue weighted by atomic mass is 10.2. The van der Waals surface area contributed by atoms with Crippen molar-refractivity contribution in [3.8, 4) is 0 Å². The molecule has 0 spiro atoms. The number of aryl methyl sites for hydroxylation is 2. The van der Waals surface area contributed by atoms with Gasteiger partial charge in [-0.05, 0) is 50.5 Å². The lowest BCUT2D eigenvalue weighted by Crippen LogP contribution is -2.26. The molecule has 5 nitrogen and oxygen atoms in total. The van der Waals surface area contributed by atoms with Crippen LogP contribution in [0.1, 0.15) is 47.6 Å². The van der Waals surface area contributed by atoms with Crippen molar-refractivity contribution < 1.29 is 4.79 Å². The maximum absolute atomic E-state index is 12.7. The highest BCUT2D eigenvalue weighted by atomic mass is 35.5. The number of aromatic nitrogens is 2. The zero-order valence-corrected chi connectivity index (χ0v) is 15.4. The highest BCUT2D eigenvalue weighted by molar-refractivity contribution is 6.30. The standard InChI is InChI=1S/C19H23ClN4O/c1-13-11-15(20)7-8-16(13)23-19(25)17-12-18(22-14(2)21-17)24-9-5-3-4-6-10-24/h7-8,11-12H,3-6,9-10H2,1-2H3,(H,23,25). The molecule has 132 valence electrons. The molecule has 1 N–H and O–H groups in total. The van der Waals surface area contributed by atoms with Crippen LogP contribution in [0.25, 0.3) is 0 Å². The Morgan fingerprint density at radius 3 is 2.48 bits per heavy atom. The topological polar surface area (TPSA) is 58.1 Å². The lowest BCUT2D eigenvalue weighted by Gasteiger charge is -2.22. The van der Waals surface area contributed by atoms with Gasteiger partial charge in [0.1, 0.15) is 17.3 Å². The Kier molecular flexibility index (Phi) is 5.53. The second-order valence-electron chi connectivity index (χ2n) is 6.47. The first-order valence-corrected chi connectivity index (χ1v) is 9.09. The number of amides is 1. The quantitative estimate of drug-likeness (QED) is 0.884. The van der Waals surface area contributed by atoms with E-state index in [0.717, 1.165) is 43.0 Å². The van der Waals surface area contributed by atoms with Crippen LogP contribution >= 0.6 is 11.6 Å². The number of benzene rings is 1. The van der Waals surface area contributed by atoms with Gasteiger partial charge in [0.2, 0.25) is 0 Å². The third kappa shape index (κ3) is 4.48. The van der Waals surface area contributed by atoms with Crippen molar-refractivity contribution in [2.45, 2.75) is 39.5 Å². The number of carbonyl (C=O) groups excluding carboxylic acids is 1. The number of nitrogens with one attached hydrogen (secondary N) is 1. The van der Waals surface area contributed by atoms with Crippen molar-refractivity contribution in [1.82, 2.24) is 9.97 Å². The fraction of sp³-hybridized carbons (Fsp3) is 0.421.